The summed E-state index contributed by atoms with van der Waals surface area (Å²) in [5.41, 5.74) is 0.967. The highest BCUT2D eigenvalue weighted by Gasteiger charge is 2.14. The Kier molecular flexibility index (Phi) is 7.91. The van der Waals surface area contributed by atoms with E-state index in [1.54, 1.807) is 24.3 Å². The van der Waals surface area contributed by atoms with Crippen molar-refractivity contribution >= 4 is 23.5 Å². The molecule has 7 nitrogen and oxygen atoms in total. The number of hydrogen-bond donors (Lipinski definition) is 1. The molecule has 0 atom stereocenters. The van der Waals surface area contributed by atoms with Crippen LogP contribution in [0.4, 0.5) is 5.69 Å². The molecule has 7 heteroatoms. The minimum absolute atomic E-state index is 0.00150. The van der Waals surface area contributed by atoms with Crippen molar-refractivity contribution in [2.45, 2.75) is 13.3 Å². The highest BCUT2D eigenvalue weighted by Crippen LogP contribution is 2.10. The molecule has 0 aromatic heterocycles. The number of anilines is 1. The van der Waals surface area contributed by atoms with Gasteiger partial charge >= 0.3 is 5.97 Å². The molecule has 0 aliphatic heterocycles. The zero-order valence-electron chi connectivity index (χ0n) is 14.7. The van der Waals surface area contributed by atoms with Crippen LogP contribution >= 0.6 is 0 Å². The molecule has 1 N–H and O–H groups in total. The molecule has 0 saturated heterocycles. The third-order valence-corrected chi connectivity index (χ3v) is 3.40. The standard InChI is InChI=1S/C17H25N3O4/c1-13(21)20(11-5-10-19(2)3)12-16(22)18-15-8-6-14(7-9-15)17(23)24-4/h6-9H,5,10-12H2,1-4H3,(H,18,22). The molecule has 0 saturated carbocycles. The van der Waals surface area contributed by atoms with Crippen molar-refractivity contribution in [1.29, 1.82) is 0 Å². The number of carbonyl (C=O) groups is 3. The molecule has 0 fully saturated rings. The lowest BCUT2D eigenvalue weighted by Crippen LogP contribution is -2.38. The predicted molar refractivity (Wildman–Crippen MR) is 91.8 cm³/mol. The molecule has 24 heavy (non-hydrogen) atoms. The van der Waals surface area contributed by atoms with Gasteiger partial charge in [0, 0.05) is 19.2 Å². The fourth-order valence-electron chi connectivity index (χ4n) is 2.11. The summed E-state index contributed by atoms with van der Waals surface area (Å²) in [5, 5.41) is 2.72. The van der Waals surface area contributed by atoms with E-state index in [2.05, 4.69) is 10.1 Å². The number of esters is 1. The van der Waals surface area contributed by atoms with Crippen LogP contribution in [0.15, 0.2) is 24.3 Å². The maximum absolute atomic E-state index is 12.1. The van der Waals surface area contributed by atoms with E-state index in [4.69, 9.17) is 0 Å². The van der Waals surface area contributed by atoms with E-state index >= 15 is 0 Å². The number of ether oxygens (including phenoxy) is 1. The SMILES string of the molecule is COC(=O)c1ccc(NC(=O)CN(CCCN(C)C)C(C)=O)cc1. The largest absolute Gasteiger partial charge is 0.465 e. The van der Waals surface area contributed by atoms with Crippen molar-refractivity contribution in [2.24, 2.45) is 0 Å². The Balaban J connectivity index is 2.56. The van der Waals surface area contributed by atoms with E-state index in [0.29, 0.717) is 17.8 Å². The van der Waals surface area contributed by atoms with Crippen molar-refractivity contribution in [3.8, 4) is 0 Å². The van der Waals surface area contributed by atoms with Gasteiger partial charge in [-0.25, -0.2) is 4.79 Å². The van der Waals surface area contributed by atoms with Crippen LogP contribution in [0, 0.1) is 0 Å². The second kappa shape index (κ2) is 9.67. The van der Waals surface area contributed by atoms with Crippen LogP contribution in [0.2, 0.25) is 0 Å². The average Bonchev–Trinajstić information content (AvgIpc) is 2.53. The van der Waals surface area contributed by atoms with Gasteiger partial charge in [-0.2, -0.15) is 0 Å². The van der Waals surface area contributed by atoms with Crippen molar-refractivity contribution in [3.05, 3.63) is 29.8 Å². The Morgan fingerprint density at radius 3 is 2.21 bits per heavy atom. The van der Waals surface area contributed by atoms with E-state index in [1.807, 2.05) is 19.0 Å². The normalized spacial score (nSPS) is 10.4. The highest BCUT2D eigenvalue weighted by molar-refractivity contribution is 5.95. The average molecular weight is 335 g/mol. The summed E-state index contributed by atoms with van der Waals surface area (Å²) in [7, 11) is 5.23. The summed E-state index contributed by atoms with van der Waals surface area (Å²) in [6.45, 7) is 2.83. The summed E-state index contributed by atoms with van der Waals surface area (Å²) >= 11 is 0. The third kappa shape index (κ3) is 6.78. The van der Waals surface area contributed by atoms with E-state index in [1.165, 1.54) is 18.9 Å². The number of nitrogens with one attached hydrogen (secondary N) is 1. The lowest BCUT2D eigenvalue weighted by Gasteiger charge is -2.21. The molecule has 0 heterocycles. The van der Waals surface area contributed by atoms with Gasteiger partial charge in [-0.3, -0.25) is 9.59 Å². The number of amides is 2. The first kappa shape index (κ1) is 19.6. The number of carbonyl (C=O) groups excluding carboxylic acids is 3. The zero-order chi connectivity index (χ0) is 18.1. The first-order chi connectivity index (χ1) is 11.3. The third-order valence-electron chi connectivity index (χ3n) is 3.40. The molecule has 0 aliphatic rings. The van der Waals surface area contributed by atoms with Gasteiger partial charge in [-0.1, -0.05) is 0 Å². The minimum Gasteiger partial charge on any atom is -0.465 e. The molecule has 1 rings (SSSR count). The van der Waals surface area contributed by atoms with Crippen LogP contribution in [0.3, 0.4) is 0 Å². The Morgan fingerprint density at radius 1 is 1.08 bits per heavy atom. The molecule has 0 aliphatic carbocycles. The number of rotatable bonds is 8. The molecule has 0 unspecified atom stereocenters. The van der Waals surface area contributed by atoms with Gasteiger partial charge in [0.15, 0.2) is 0 Å². The highest BCUT2D eigenvalue weighted by atomic mass is 16.5. The summed E-state index contributed by atoms with van der Waals surface area (Å²) in [5.74, 6) is -0.845. The van der Waals surface area contributed by atoms with Gasteiger partial charge in [0.1, 0.15) is 0 Å². The Hall–Kier alpha value is -2.41. The molecule has 1 aromatic carbocycles. The molecule has 1 aromatic rings. The maximum atomic E-state index is 12.1. The summed E-state index contributed by atoms with van der Waals surface area (Å²) in [6.07, 6.45) is 0.799. The lowest BCUT2D eigenvalue weighted by molar-refractivity contribution is -0.132. The molecule has 0 radical (unpaired) electrons. The summed E-state index contributed by atoms with van der Waals surface area (Å²) < 4.78 is 4.62. The number of methoxy groups -OCH3 is 1. The lowest BCUT2D eigenvalue weighted by atomic mass is 10.2. The maximum Gasteiger partial charge on any atom is 0.337 e. The minimum atomic E-state index is -0.434. The van der Waals surface area contributed by atoms with Gasteiger partial charge in [-0.05, 0) is 51.3 Å². The molecular formula is C17H25N3O4. The van der Waals surface area contributed by atoms with Crippen molar-refractivity contribution in [2.75, 3.05) is 46.2 Å². The summed E-state index contributed by atoms with van der Waals surface area (Å²) in [4.78, 5) is 38.6. The van der Waals surface area contributed by atoms with Crippen LogP contribution in [0.25, 0.3) is 0 Å². The van der Waals surface area contributed by atoms with Gasteiger partial charge in [0.2, 0.25) is 11.8 Å². The van der Waals surface area contributed by atoms with Crippen LogP contribution in [0.1, 0.15) is 23.7 Å². The van der Waals surface area contributed by atoms with Crippen LogP contribution in [-0.2, 0) is 14.3 Å². The predicted octanol–water partition coefficient (Wildman–Crippen LogP) is 1.21. The summed E-state index contributed by atoms with van der Waals surface area (Å²) in [6, 6.07) is 6.38. The van der Waals surface area contributed by atoms with Gasteiger partial charge in [0.05, 0.1) is 19.2 Å². The van der Waals surface area contributed by atoms with Crippen LogP contribution in [0.5, 0.6) is 0 Å². The van der Waals surface area contributed by atoms with Crippen molar-refractivity contribution < 1.29 is 19.1 Å². The fourth-order valence-corrected chi connectivity index (χ4v) is 2.11. The number of benzene rings is 1. The van der Waals surface area contributed by atoms with Crippen LogP contribution < -0.4 is 5.32 Å². The zero-order valence-corrected chi connectivity index (χ0v) is 14.7. The monoisotopic (exact) mass is 335 g/mol. The second-order valence-electron chi connectivity index (χ2n) is 5.71. The topological polar surface area (TPSA) is 79.0 Å². The Labute approximate surface area is 142 Å². The Bertz CT molecular complexity index is 570. The van der Waals surface area contributed by atoms with E-state index in [0.717, 1.165) is 13.0 Å². The number of nitrogens with zero attached hydrogens (tertiary/aromatic N) is 2. The van der Waals surface area contributed by atoms with Gasteiger partial charge < -0.3 is 19.9 Å². The van der Waals surface area contributed by atoms with E-state index in [-0.39, 0.29) is 18.4 Å². The van der Waals surface area contributed by atoms with Crippen molar-refractivity contribution in [1.82, 2.24) is 9.80 Å². The number of hydrogen-bond acceptors (Lipinski definition) is 5. The van der Waals surface area contributed by atoms with Crippen LogP contribution in [-0.4, -0.2) is 68.4 Å². The fraction of sp³-hybridized carbons (Fsp3) is 0.471. The van der Waals surface area contributed by atoms with Gasteiger partial charge in [-0.15, -0.1) is 0 Å². The quantitative estimate of drug-likeness (QED) is 0.723. The molecule has 0 spiro atoms. The molecular weight excluding hydrogens is 310 g/mol. The first-order valence-electron chi connectivity index (χ1n) is 7.72. The van der Waals surface area contributed by atoms with Gasteiger partial charge in [0.25, 0.3) is 0 Å². The smallest absolute Gasteiger partial charge is 0.337 e. The molecule has 132 valence electrons. The second-order valence-corrected chi connectivity index (χ2v) is 5.71. The first-order valence-corrected chi connectivity index (χ1v) is 7.72. The molecule has 0 bridgehead atoms. The van der Waals surface area contributed by atoms with E-state index < -0.39 is 5.97 Å². The van der Waals surface area contributed by atoms with Crippen molar-refractivity contribution in [3.63, 3.8) is 0 Å². The van der Waals surface area contributed by atoms with E-state index in [9.17, 15) is 14.4 Å². The Morgan fingerprint density at radius 2 is 1.71 bits per heavy atom. The molecule has 2 amide bonds.